The molecule has 0 heterocycles. The predicted molar refractivity (Wildman–Crippen MR) is 113 cm³/mol. The number of carbonyl (C=O) groups excluding carboxylic acids is 1. The number of hydrogen-bond donors (Lipinski definition) is 2. The number of fused-ring (bicyclic) bond motifs is 1. The molecule has 130 valence electrons. The lowest BCUT2D eigenvalue weighted by Gasteiger charge is -2.11. The van der Waals surface area contributed by atoms with Gasteiger partial charge in [0.05, 0.1) is 0 Å². The van der Waals surface area contributed by atoms with Crippen molar-refractivity contribution in [2.45, 2.75) is 13.8 Å². The number of aryl methyl sites for hydroxylation is 2. The molecule has 3 aromatic carbocycles. The van der Waals surface area contributed by atoms with E-state index >= 15 is 0 Å². The summed E-state index contributed by atoms with van der Waals surface area (Å²) in [6.45, 7) is 4.04. The van der Waals surface area contributed by atoms with E-state index in [9.17, 15) is 4.79 Å². The highest BCUT2D eigenvalue weighted by atomic mass is 32.1. The van der Waals surface area contributed by atoms with E-state index in [0.29, 0.717) is 0 Å². The molecule has 2 N–H and O–H groups in total. The van der Waals surface area contributed by atoms with Crippen molar-refractivity contribution in [2.75, 3.05) is 5.32 Å². The minimum Gasteiger partial charge on any atom is -0.332 e. The van der Waals surface area contributed by atoms with E-state index in [1.165, 1.54) is 11.6 Å². The Bertz CT molecular complexity index is 1000. The Kier molecular flexibility index (Phi) is 5.44. The van der Waals surface area contributed by atoms with E-state index in [1.54, 1.807) is 6.08 Å². The van der Waals surface area contributed by atoms with Crippen LogP contribution in [0.5, 0.6) is 0 Å². The van der Waals surface area contributed by atoms with Crippen LogP contribution in [0, 0.1) is 13.8 Å². The van der Waals surface area contributed by atoms with Crippen LogP contribution in [0.1, 0.15) is 16.7 Å². The molecule has 0 aliphatic carbocycles. The Labute approximate surface area is 158 Å². The standard InChI is InChI=1S/C22H20N2OS/c1-15-10-12-20(16(2)14-15)23-22(26)24-21(25)13-11-18-8-5-7-17-6-3-4-9-19(17)18/h3-14H,1-2H3,(H2,23,24,25,26). The third kappa shape index (κ3) is 4.35. The smallest absolute Gasteiger partial charge is 0.250 e. The van der Waals surface area contributed by atoms with Gasteiger partial charge in [-0.3, -0.25) is 10.1 Å². The van der Waals surface area contributed by atoms with E-state index < -0.39 is 0 Å². The molecule has 0 unspecified atom stereocenters. The molecule has 0 fully saturated rings. The molecular formula is C22H20N2OS. The predicted octanol–water partition coefficient (Wildman–Crippen LogP) is 4.98. The number of rotatable bonds is 3. The van der Waals surface area contributed by atoms with Crippen molar-refractivity contribution in [1.82, 2.24) is 5.32 Å². The van der Waals surface area contributed by atoms with Gasteiger partial charge in [-0.2, -0.15) is 0 Å². The molecule has 1 amide bonds. The summed E-state index contributed by atoms with van der Waals surface area (Å²) in [7, 11) is 0. The van der Waals surface area contributed by atoms with Crippen molar-refractivity contribution in [2.24, 2.45) is 0 Å². The Hall–Kier alpha value is -2.98. The van der Waals surface area contributed by atoms with Crippen LogP contribution in [0.3, 0.4) is 0 Å². The van der Waals surface area contributed by atoms with Crippen LogP contribution < -0.4 is 10.6 Å². The summed E-state index contributed by atoms with van der Waals surface area (Å²) in [4.78, 5) is 12.2. The lowest BCUT2D eigenvalue weighted by Crippen LogP contribution is -2.33. The van der Waals surface area contributed by atoms with Gasteiger partial charge in [0.1, 0.15) is 0 Å². The normalized spacial score (nSPS) is 10.8. The van der Waals surface area contributed by atoms with E-state index in [4.69, 9.17) is 12.2 Å². The summed E-state index contributed by atoms with van der Waals surface area (Å²) >= 11 is 5.24. The van der Waals surface area contributed by atoms with Gasteiger partial charge < -0.3 is 5.32 Å². The first kappa shape index (κ1) is 17.8. The lowest BCUT2D eigenvalue weighted by molar-refractivity contribution is -0.115. The van der Waals surface area contributed by atoms with Gasteiger partial charge in [0, 0.05) is 11.8 Å². The molecule has 0 radical (unpaired) electrons. The molecular weight excluding hydrogens is 340 g/mol. The van der Waals surface area contributed by atoms with Gasteiger partial charge in [0.25, 0.3) is 0 Å². The molecule has 0 aromatic heterocycles. The van der Waals surface area contributed by atoms with Gasteiger partial charge in [0.2, 0.25) is 5.91 Å². The van der Waals surface area contributed by atoms with Crippen molar-refractivity contribution in [3.05, 3.63) is 83.4 Å². The molecule has 3 nitrogen and oxygen atoms in total. The van der Waals surface area contributed by atoms with Crippen molar-refractivity contribution in [3.63, 3.8) is 0 Å². The second kappa shape index (κ2) is 7.93. The Morgan fingerprint density at radius 2 is 1.77 bits per heavy atom. The number of nitrogens with one attached hydrogen (secondary N) is 2. The number of thiocarbonyl (C=S) groups is 1. The zero-order valence-electron chi connectivity index (χ0n) is 14.7. The highest BCUT2D eigenvalue weighted by Gasteiger charge is 2.04. The first-order valence-corrected chi connectivity index (χ1v) is 8.79. The summed E-state index contributed by atoms with van der Waals surface area (Å²) in [5, 5.41) is 8.27. The summed E-state index contributed by atoms with van der Waals surface area (Å²) in [5.41, 5.74) is 4.14. The summed E-state index contributed by atoms with van der Waals surface area (Å²) in [6, 6.07) is 20.1. The molecule has 3 aromatic rings. The molecule has 4 heteroatoms. The number of anilines is 1. The fraction of sp³-hybridized carbons (Fsp3) is 0.0909. The van der Waals surface area contributed by atoms with Crippen molar-refractivity contribution in [3.8, 4) is 0 Å². The van der Waals surface area contributed by atoms with Crippen LogP contribution in [-0.2, 0) is 4.79 Å². The second-order valence-corrected chi connectivity index (χ2v) is 6.57. The molecule has 0 aliphatic rings. The van der Waals surface area contributed by atoms with Crippen LogP contribution in [0.15, 0.2) is 66.7 Å². The average Bonchev–Trinajstić information content (AvgIpc) is 2.62. The number of benzene rings is 3. The molecule has 0 saturated carbocycles. The largest absolute Gasteiger partial charge is 0.332 e. The minimum absolute atomic E-state index is 0.264. The molecule has 0 aliphatic heterocycles. The van der Waals surface area contributed by atoms with Gasteiger partial charge in [-0.1, -0.05) is 60.2 Å². The van der Waals surface area contributed by atoms with E-state index in [2.05, 4.69) is 28.8 Å². The third-order valence-corrected chi connectivity index (χ3v) is 4.31. The highest BCUT2D eigenvalue weighted by Crippen LogP contribution is 2.19. The highest BCUT2D eigenvalue weighted by molar-refractivity contribution is 7.80. The van der Waals surface area contributed by atoms with Crippen LogP contribution in [0.25, 0.3) is 16.8 Å². The maximum absolute atomic E-state index is 12.2. The van der Waals surface area contributed by atoms with Gasteiger partial charge >= 0.3 is 0 Å². The summed E-state index contributed by atoms with van der Waals surface area (Å²) < 4.78 is 0. The zero-order chi connectivity index (χ0) is 18.5. The van der Waals surface area contributed by atoms with Crippen molar-refractivity contribution in [1.29, 1.82) is 0 Å². The molecule has 26 heavy (non-hydrogen) atoms. The third-order valence-electron chi connectivity index (χ3n) is 4.10. The lowest BCUT2D eigenvalue weighted by atomic mass is 10.0. The average molecular weight is 360 g/mol. The first-order chi connectivity index (χ1) is 12.5. The van der Waals surface area contributed by atoms with Crippen LogP contribution >= 0.6 is 12.2 Å². The van der Waals surface area contributed by atoms with Crippen LogP contribution in [0.4, 0.5) is 5.69 Å². The summed E-state index contributed by atoms with van der Waals surface area (Å²) in [5.74, 6) is -0.264. The fourth-order valence-electron chi connectivity index (χ4n) is 2.82. The SMILES string of the molecule is Cc1ccc(NC(=S)NC(=O)C=Cc2cccc3ccccc23)c(C)c1. The monoisotopic (exact) mass is 360 g/mol. The number of amides is 1. The maximum atomic E-state index is 12.2. The second-order valence-electron chi connectivity index (χ2n) is 6.16. The van der Waals surface area contributed by atoms with Gasteiger partial charge in [0.15, 0.2) is 5.11 Å². The molecule has 0 bridgehead atoms. The van der Waals surface area contributed by atoms with E-state index in [0.717, 1.165) is 27.6 Å². The maximum Gasteiger partial charge on any atom is 0.250 e. The van der Waals surface area contributed by atoms with E-state index in [1.807, 2.05) is 56.3 Å². The quantitative estimate of drug-likeness (QED) is 0.511. The van der Waals surface area contributed by atoms with Gasteiger partial charge in [-0.15, -0.1) is 0 Å². The molecule has 0 spiro atoms. The molecule has 3 rings (SSSR count). The topological polar surface area (TPSA) is 41.1 Å². The zero-order valence-corrected chi connectivity index (χ0v) is 15.6. The van der Waals surface area contributed by atoms with Gasteiger partial charge in [-0.25, -0.2) is 0 Å². The first-order valence-electron chi connectivity index (χ1n) is 8.38. The van der Waals surface area contributed by atoms with Crippen LogP contribution in [0.2, 0.25) is 0 Å². The molecule has 0 atom stereocenters. The van der Waals surface area contributed by atoms with Crippen molar-refractivity contribution < 1.29 is 4.79 Å². The minimum atomic E-state index is -0.264. The van der Waals surface area contributed by atoms with E-state index in [-0.39, 0.29) is 11.0 Å². The molecule has 0 saturated heterocycles. The number of carbonyl (C=O) groups is 1. The Morgan fingerprint density at radius 1 is 1.00 bits per heavy atom. The fourth-order valence-corrected chi connectivity index (χ4v) is 3.03. The Morgan fingerprint density at radius 3 is 2.58 bits per heavy atom. The number of hydrogen-bond acceptors (Lipinski definition) is 2. The van der Waals surface area contributed by atoms with Crippen molar-refractivity contribution >= 4 is 45.8 Å². The van der Waals surface area contributed by atoms with Gasteiger partial charge in [-0.05, 0) is 60.1 Å². The van der Waals surface area contributed by atoms with Crippen LogP contribution in [-0.4, -0.2) is 11.0 Å². The summed E-state index contributed by atoms with van der Waals surface area (Å²) in [6.07, 6.45) is 3.30. The Balaban J connectivity index is 1.66.